The lowest BCUT2D eigenvalue weighted by molar-refractivity contribution is 0.0706. The number of benzene rings is 1. The van der Waals surface area contributed by atoms with E-state index in [9.17, 15) is 4.79 Å². The normalized spacial score (nSPS) is 15.7. The number of aromatic amines is 1. The number of aromatic nitrogens is 5. The molecule has 1 aliphatic heterocycles. The second-order valence-electron chi connectivity index (χ2n) is 7.11. The fourth-order valence-electron chi connectivity index (χ4n) is 3.84. The van der Waals surface area contributed by atoms with E-state index in [1.54, 1.807) is 16.8 Å². The van der Waals surface area contributed by atoms with E-state index in [1.165, 1.54) is 5.56 Å². The molecular weight excluding hydrogens is 340 g/mol. The van der Waals surface area contributed by atoms with Crippen LogP contribution in [0.1, 0.15) is 40.6 Å². The fourth-order valence-corrected chi connectivity index (χ4v) is 3.84. The summed E-state index contributed by atoms with van der Waals surface area (Å²) in [5.74, 6) is 1.90. The van der Waals surface area contributed by atoms with Crippen molar-refractivity contribution in [3.05, 3.63) is 59.9 Å². The van der Waals surface area contributed by atoms with Gasteiger partial charge in [-0.15, -0.1) is 0 Å². The van der Waals surface area contributed by atoms with Gasteiger partial charge in [-0.25, -0.2) is 15.0 Å². The number of fused-ring (bicyclic) bond motifs is 2. The second kappa shape index (κ2) is 6.19. The van der Waals surface area contributed by atoms with Crippen LogP contribution < -0.4 is 0 Å². The Hall–Kier alpha value is -3.22. The number of para-hydroxylation sites is 1. The van der Waals surface area contributed by atoms with Crippen molar-refractivity contribution < 1.29 is 4.79 Å². The molecule has 136 valence electrons. The van der Waals surface area contributed by atoms with Crippen molar-refractivity contribution in [1.29, 1.82) is 0 Å². The van der Waals surface area contributed by atoms with Gasteiger partial charge in [-0.05, 0) is 37.5 Å². The Balaban J connectivity index is 1.31. The molecule has 1 N–H and O–H groups in total. The zero-order valence-corrected chi connectivity index (χ0v) is 15.1. The Morgan fingerprint density at radius 3 is 2.81 bits per heavy atom. The quantitative estimate of drug-likeness (QED) is 0.596. The first-order valence-electron chi connectivity index (χ1n) is 9.23. The summed E-state index contributed by atoms with van der Waals surface area (Å²) in [7, 11) is 0. The Bertz CT molecular complexity index is 1100. The molecule has 0 atom stereocenters. The molecule has 1 aliphatic rings. The molecule has 0 aliphatic carbocycles. The number of imidazole rings is 2. The van der Waals surface area contributed by atoms with Gasteiger partial charge in [0, 0.05) is 37.6 Å². The van der Waals surface area contributed by atoms with Gasteiger partial charge in [-0.3, -0.25) is 9.20 Å². The minimum atomic E-state index is -0.0283. The van der Waals surface area contributed by atoms with Crippen LogP contribution >= 0.6 is 0 Å². The molecule has 7 heteroatoms. The Morgan fingerprint density at radius 1 is 1.19 bits per heavy atom. The fraction of sp³-hybridized carbons (Fsp3) is 0.300. The van der Waals surface area contributed by atoms with Crippen LogP contribution in [0.3, 0.4) is 0 Å². The van der Waals surface area contributed by atoms with Gasteiger partial charge in [0.1, 0.15) is 11.5 Å². The number of rotatable bonds is 2. The van der Waals surface area contributed by atoms with Crippen LogP contribution in [0.2, 0.25) is 0 Å². The van der Waals surface area contributed by atoms with Gasteiger partial charge >= 0.3 is 0 Å². The topological polar surface area (TPSA) is 79.2 Å². The maximum absolute atomic E-state index is 12.8. The number of nitrogens with zero attached hydrogens (tertiary/aromatic N) is 5. The van der Waals surface area contributed by atoms with Crippen molar-refractivity contribution in [3.63, 3.8) is 0 Å². The first-order valence-corrected chi connectivity index (χ1v) is 9.23. The van der Waals surface area contributed by atoms with E-state index in [0.717, 1.165) is 29.7 Å². The average molecular weight is 360 g/mol. The molecule has 4 aromatic rings. The highest BCUT2D eigenvalue weighted by atomic mass is 16.2. The number of H-pyrrole nitrogens is 1. The number of amides is 1. The maximum Gasteiger partial charge on any atom is 0.274 e. The summed E-state index contributed by atoms with van der Waals surface area (Å²) in [6.45, 7) is 3.50. The van der Waals surface area contributed by atoms with Crippen molar-refractivity contribution in [1.82, 2.24) is 29.2 Å². The lowest BCUT2D eigenvalue weighted by Crippen LogP contribution is -2.38. The molecule has 1 saturated heterocycles. The molecule has 27 heavy (non-hydrogen) atoms. The third-order valence-corrected chi connectivity index (χ3v) is 5.36. The molecule has 3 aromatic heterocycles. The smallest absolute Gasteiger partial charge is 0.274 e. The summed E-state index contributed by atoms with van der Waals surface area (Å²) in [4.78, 5) is 31.5. The summed E-state index contributed by atoms with van der Waals surface area (Å²) >= 11 is 0. The molecule has 0 bridgehead atoms. The van der Waals surface area contributed by atoms with Gasteiger partial charge in [-0.2, -0.15) is 0 Å². The molecule has 0 saturated carbocycles. The largest absolute Gasteiger partial charge is 0.342 e. The summed E-state index contributed by atoms with van der Waals surface area (Å²) in [5, 5.41) is 0. The Labute approximate surface area is 156 Å². The highest BCUT2D eigenvalue weighted by Crippen LogP contribution is 2.29. The van der Waals surface area contributed by atoms with Crippen molar-refractivity contribution >= 4 is 22.7 Å². The van der Waals surface area contributed by atoms with Gasteiger partial charge in [0.25, 0.3) is 5.91 Å². The monoisotopic (exact) mass is 360 g/mol. The van der Waals surface area contributed by atoms with E-state index in [4.69, 9.17) is 4.98 Å². The van der Waals surface area contributed by atoms with E-state index in [1.807, 2.05) is 23.2 Å². The molecule has 0 radical (unpaired) electrons. The summed E-state index contributed by atoms with van der Waals surface area (Å²) in [5.41, 5.74) is 3.76. The van der Waals surface area contributed by atoms with Crippen LogP contribution in [-0.2, 0) is 0 Å². The summed E-state index contributed by atoms with van der Waals surface area (Å²) < 4.78 is 1.77. The van der Waals surface area contributed by atoms with Crippen molar-refractivity contribution in [2.75, 3.05) is 13.1 Å². The van der Waals surface area contributed by atoms with Gasteiger partial charge in [0.2, 0.25) is 5.78 Å². The molecule has 1 fully saturated rings. The van der Waals surface area contributed by atoms with Crippen LogP contribution in [0.25, 0.3) is 16.8 Å². The number of aryl methyl sites for hydroxylation is 1. The third kappa shape index (κ3) is 2.75. The lowest BCUT2D eigenvalue weighted by atomic mass is 9.96. The van der Waals surface area contributed by atoms with E-state index in [0.29, 0.717) is 30.5 Å². The predicted molar refractivity (Wildman–Crippen MR) is 102 cm³/mol. The number of likely N-dealkylation sites (tertiary alicyclic amines) is 1. The van der Waals surface area contributed by atoms with Crippen LogP contribution in [0, 0.1) is 6.92 Å². The molecule has 0 unspecified atom stereocenters. The number of hydrogen-bond donors (Lipinski definition) is 1. The minimum absolute atomic E-state index is 0.0283. The van der Waals surface area contributed by atoms with E-state index in [2.05, 4.69) is 34.0 Å². The van der Waals surface area contributed by atoms with E-state index in [-0.39, 0.29) is 5.91 Å². The molecule has 1 amide bonds. The van der Waals surface area contributed by atoms with Gasteiger partial charge in [-0.1, -0.05) is 12.1 Å². The molecular formula is C20H20N6O. The van der Waals surface area contributed by atoms with Gasteiger partial charge in [0.15, 0.2) is 0 Å². The molecule has 1 aromatic carbocycles. The number of piperidine rings is 1. The highest BCUT2D eigenvalue weighted by molar-refractivity contribution is 5.92. The first-order chi connectivity index (χ1) is 13.2. The van der Waals surface area contributed by atoms with Gasteiger partial charge in [0.05, 0.1) is 11.0 Å². The second-order valence-corrected chi connectivity index (χ2v) is 7.11. The maximum atomic E-state index is 12.8. The Kier molecular flexibility index (Phi) is 3.67. The van der Waals surface area contributed by atoms with Crippen molar-refractivity contribution in [2.45, 2.75) is 25.7 Å². The molecule has 0 spiro atoms. The highest BCUT2D eigenvalue weighted by Gasteiger charge is 2.27. The molecule has 4 heterocycles. The summed E-state index contributed by atoms with van der Waals surface area (Å²) in [6, 6.07) is 8.01. The summed E-state index contributed by atoms with van der Waals surface area (Å²) in [6.07, 6.45) is 7.07. The number of carbonyl (C=O) groups excluding carboxylic acids is 1. The van der Waals surface area contributed by atoms with E-state index < -0.39 is 0 Å². The van der Waals surface area contributed by atoms with Crippen LogP contribution in [0.4, 0.5) is 0 Å². The lowest BCUT2D eigenvalue weighted by Gasteiger charge is -2.30. The number of hydrogen-bond acceptors (Lipinski definition) is 4. The van der Waals surface area contributed by atoms with Crippen LogP contribution in [-0.4, -0.2) is 48.2 Å². The van der Waals surface area contributed by atoms with Crippen molar-refractivity contribution in [2.24, 2.45) is 0 Å². The molecule has 7 nitrogen and oxygen atoms in total. The zero-order valence-electron chi connectivity index (χ0n) is 15.1. The predicted octanol–water partition coefficient (Wildman–Crippen LogP) is 2.93. The SMILES string of the molecule is Cc1cccc2[nH]c(C3CCN(C(=O)c4cn5cccnc5n4)CC3)nc12. The van der Waals surface area contributed by atoms with Gasteiger partial charge < -0.3 is 9.88 Å². The standard InChI is InChI=1S/C20H20N6O/c1-13-4-2-5-15-17(13)24-18(22-15)14-6-10-25(11-7-14)19(27)16-12-26-9-3-8-21-20(26)23-16/h2-5,8-9,12,14H,6-7,10-11H2,1H3,(H,22,24). The average Bonchev–Trinajstić information content (AvgIpc) is 3.32. The van der Waals surface area contributed by atoms with Crippen molar-refractivity contribution in [3.8, 4) is 0 Å². The van der Waals surface area contributed by atoms with Crippen LogP contribution in [0.15, 0.2) is 42.9 Å². The van der Waals surface area contributed by atoms with Crippen LogP contribution in [0.5, 0.6) is 0 Å². The zero-order chi connectivity index (χ0) is 18.4. The third-order valence-electron chi connectivity index (χ3n) is 5.36. The van der Waals surface area contributed by atoms with E-state index >= 15 is 0 Å². The number of nitrogens with one attached hydrogen (secondary N) is 1. The molecule has 5 rings (SSSR count). The first kappa shape index (κ1) is 16.0. The Morgan fingerprint density at radius 2 is 2.04 bits per heavy atom. The number of carbonyl (C=O) groups is 1. The minimum Gasteiger partial charge on any atom is -0.342 e.